The van der Waals surface area contributed by atoms with Crippen LogP contribution in [-0.4, -0.2) is 28.7 Å². The first-order chi connectivity index (χ1) is 9.09. The van der Waals surface area contributed by atoms with Crippen LogP contribution >= 0.6 is 0 Å². The largest absolute Gasteiger partial charge is 0.480 e. The van der Waals surface area contributed by atoms with Gasteiger partial charge in [-0.1, -0.05) is 24.3 Å². The summed E-state index contributed by atoms with van der Waals surface area (Å²) in [5.74, 6) is -0.947. The first-order valence-corrected chi connectivity index (χ1v) is 6.48. The molecule has 1 aromatic carbocycles. The van der Waals surface area contributed by atoms with Crippen molar-refractivity contribution in [3.05, 3.63) is 35.4 Å². The van der Waals surface area contributed by atoms with Crippen LogP contribution in [0.15, 0.2) is 24.3 Å². The van der Waals surface area contributed by atoms with Crippen molar-refractivity contribution >= 4 is 12.0 Å². The second-order valence-electron chi connectivity index (χ2n) is 5.36. The zero-order valence-electron chi connectivity index (χ0n) is 10.5. The van der Waals surface area contributed by atoms with Gasteiger partial charge in [-0.2, -0.15) is 0 Å². The lowest BCUT2D eigenvalue weighted by Crippen LogP contribution is -2.50. The predicted molar refractivity (Wildman–Crippen MR) is 68.9 cm³/mol. The number of rotatable bonds is 3. The van der Waals surface area contributed by atoms with E-state index >= 15 is 0 Å². The number of hydrogen-bond acceptors (Lipinski definition) is 2. The van der Waals surface area contributed by atoms with Crippen molar-refractivity contribution in [1.29, 1.82) is 0 Å². The third kappa shape index (κ3) is 2.28. The van der Waals surface area contributed by atoms with Gasteiger partial charge < -0.3 is 15.7 Å². The Hall–Kier alpha value is -2.04. The van der Waals surface area contributed by atoms with Gasteiger partial charge in [0, 0.05) is 6.04 Å². The van der Waals surface area contributed by atoms with Crippen LogP contribution in [0.25, 0.3) is 0 Å². The van der Waals surface area contributed by atoms with Gasteiger partial charge in [0.25, 0.3) is 0 Å². The summed E-state index contributed by atoms with van der Waals surface area (Å²) in [6, 6.07) is 7.79. The summed E-state index contributed by atoms with van der Waals surface area (Å²) in [6.45, 7) is 0. The van der Waals surface area contributed by atoms with Gasteiger partial charge in [0.1, 0.15) is 5.54 Å². The topological polar surface area (TPSA) is 78.4 Å². The molecule has 19 heavy (non-hydrogen) atoms. The zero-order valence-corrected chi connectivity index (χ0v) is 10.5. The van der Waals surface area contributed by atoms with E-state index in [2.05, 4.69) is 22.8 Å². The molecule has 2 amide bonds. The van der Waals surface area contributed by atoms with Crippen molar-refractivity contribution in [1.82, 2.24) is 10.6 Å². The van der Waals surface area contributed by atoms with Gasteiger partial charge in [-0.3, -0.25) is 0 Å². The molecule has 0 spiro atoms. The van der Waals surface area contributed by atoms with Gasteiger partial charge in [-0.15, -0.1) is 0 Å². The highest BCUT2D eigenvalue weighted by atomic mass is 16.4. The summed E-state index contributed by atoms with van der Waals surface area (Å²) in [6.07, 6.45) is 2.65. The van der Waals surface area contributed by atoms with E-state index in [4.69, 9.17) is 5.11 Å². The molecule has 1 fully saturated rings. The van der Waals surface area contributed by atoms with E-state index in [1.54, 1.807) is 0 Å². The lowest BCUT2D eigenvalue weighted by atomic mass is 10.1. The highest BCUT2D eigenvalue weighted by Crippen LogP contribution is 2.35. The van der Waals surface area contributed by atoms with Crippen molar-refractivity contribution in [2.75, 3.05) is 0 Å². The summed E-state index contributed by atoms with van der Waals surface area (Å²) < 4.78 is 0. The Morgan fingerprint density at radius 2 is 1.74 bits per heavy atom. The smallest absolute Gasteiger partial charge is 0.329 e. The number of carboxylic acids is 1. The first-order valence-electron chi connectivity index (χ1n) is 6.48. The molecule has 5 nitrogen and oxygen atoms in total. The third-order valence-electron chi connectivity index (χ3n) is 3.90. The number of fused-ring (bicyclic) bond motifs is 1. The summed E-state index contributed by atoms with van der Waals surface area (Å²) in [4.78, 5) is 22.8. The van der Waals surface area contributed by atoms with E-state index in [0.29, 0.717) is 12.8 Å². The standard InChI is InChI=1S/C14H16N2O3/c17-12(18)14(5-6-14)16-13(19)15-11-7-9-3-1-2-4-10(9)8-11/h1-4,11H,5-8H2,(H,17,18)(H2,15,16,19). The van der Waals surface area contributed by atoms with Crippen LogP contribution < -0.4 is 10.6 Å². The summed E-state index contributed by atoms with van der Waals surface area (Å²) in [7, 11) is 0. The minimum atomic E-state index is -1.02. The molecular weight excluding hydrogens is 244 g/mol. The average molecular weight is 260 g/mol. The van der Waals surface area contributed by atoms with Crippen LogP contribution in [0.3, 0.4) is 0 Å². The Bertz CT molecular complexity index is 512. The van der Waals surface area contributed by atoms with E-state index in [1.807, 2.05) is 12.1 Å². The van der Waals surface area contributed by atoms with Crippen molar-refractivity contribution in [2.24, 2.45) is 0 Å². The monoisotopic (exact) mass is 260 g/mol. The molecule has 1 saturated carbocycles. The van der Waals surface area contributed by atoms with E-state index < -0.39 is 11.5 Å². The van der Waals surface area contributed by atoms with Crippen LogP contribution in [-0.2, 0) is 17.6 Å². The molecule has 3 rings (SSSR count). The molecule has 5 heteroatoms. The Labute approximate surface area is 111 Å². The molecule has 0 unspecified atom stereocenters. The Balaban J connectivity index is 1.56. The van der Waals surface area contributed by atoms with Crippen molar-refractivity contribution in [2.45, 2.75) is 37.3 Å². The quantitative estimate of drug-likeness (QED) is 0.760. The minimum Gasteiger partial charge on any atom is -0.480 e. The lowest BCUT2D eigenvalue weighted by Gasteiger charge is -2.16. The van der Waals surface area contributed by atoms with Crippen LogP contribution in [0, 0.1) is 0 Å². The van der Waals surface area contributed by atoms with Gasteiger partial charge >= 0.3 is 12.0 Å². The number of urea groups is 1. The molecule has 2 aliphatic carbocycles. The molecule has 0 aromatic heterocycles. The number of carbonyl (C=O) groups excluding carboxylic acids is 1. The van der Waals surface area contributed by atoms with E-state index in [1.165, 1.54) is 11.1 Å². The zero-order chi connectivity index (χ0) is 13.5. The average Bonchev–Trinajstić information content (AvgIpc) is 3.02. The fourth-order valence-electron chi connectivity index (χ4n) is 2.62. The van der Waals surface area contributed by atoms with Crippen molar-refractivity contribution in [3.8, 4) is 0 Å². The number of aliphatic carboxylic acids is 1. The Kier molecular flexibility index (Phi) is 2.69. The summed E-state index contributed by atoms with van der Waals surface area (Å²) in [5, 5.41) is 14.4. The number of amides is 2. The molecule has 100 valence electrons. The molecule has 0 aliphatic heterocycles. The minimum absolute atomic E-state index is 0.0574. The molecule has 3 N–H and O–H groups in total. The molecule has 1 aromatic rings. The second kappa shape index (κ2) is 4.26. The molecular formula is C14H16N2O3. The normalized spacial score (nSPS) is 19.6. The predicted octanol–water partition coefficient (Wildman–Crippen LogP) is 1.07. The number of benzene rings is 1. The molecule has 0 bridgehead atoms. The van der Waals surface area contributed by atoms with Crippen molar-refractivity contribution < 1.29 is 14.7 Å². The fourth-order valence-corrected chi connectivity index (χ4v) is 2.62. The third-order valence-corrected chi connectivity index (χ3v) is 3.90. The molecule has 0 heterocycles. The van der Waals surface area contributed by atoms with Gasteiger partial charge in [-0.25, -0.2) is 9.59 Å². The molecule has 0 saturated heterocycles. The molecule has 0 radical (unpaired) electrons. The molecule has 0 atom stereocenters. The maximum Gasteiger partial charge on any atom is 0.329 e. The highest BCUT2D eigenvalue weighted by molar-refractivity contribution is 5.89. The summed E-state index contributed by atoms with van der Waals surface area (Å²) in [5.41, 5.74) is 1.49. The van der Waals surface area contributed by atoms with Crippen LogP contribution in [0.1, 0.15) is 24.0 Å². The Morgan fingerprint density at radius 3 is 2.21 bits per heavy atom. The van der Waals surface area contributed by atoms with Crippen LogP contribution in [0.4, 0.5) is 4.79 Å². The van der Waals surface area contributed by atoms with Gasteiger partial charge in [0.05, 0.1) is 0 Å². The maximum absolute atomic E-state index is 11.8. The van der Waals surface area contributed by atoms with Gasteiger partial charge in [0.15, 0.2) is 0 Å². The van der Waals surface area contributed by atoms with E-state index in [-0.39, 0.29) is 12.1 Å². The number of hydrogen-bond donors (Lipinski definition) is 3. The van der Waals surface area contributed by atoms with Crippen molar-refractivity contribution in [3.63, 3.8) is 0 Å². The number of carbonyl (C=O) groups is 2. The van der Waals surface area contributed by atoms with E-state index in [0.717, 1.165) is 12.8 Å². The Morgan fingerprint density at radius 1 is 1.16 bits per heavy atom. The number of carboxylic acid groups (broad SMARTS) is 1. The number of nitrogens with one attached hydrogen (secondary N) is 2. The first kappa shape index (κ1) is 12.0. The molecule has 2 aliphatic rings. The maximum atomic E-state index is 11.8. The van der Waals surface area contributed by atoms with E-state index in [9.17, 15) is 9.59 Å². The van der Waals surface area contributed by atoms with Crippen LogP contribution in [0.2, 0.25) is 0 Å². The highest BCUT2D eigenvalue weighted by Gasteiger charge is 2.51. The van der Waals surface area contributed by atoms with Crippen LogP contribution in [0.5, 0.6) is 0 Å². The fraction of sp³-hybridized carbons (Fsp3) is 0.429. The summed E-state index contributed by atoms with van der Waals surface area (Å²) >= 11 is 0. The lowest BCUT2D eigenvalue weighted by molar-refractivity contribution is -0.140. The SMILES string of the molecule is O=C(NC1Cc2ccccc2C1)NC1(C(=O)O)CC1. The second-order valence-corrected chi connectivity index (χ2v) is 5.36. The van der Waals surface area contributed by atoms with Gasteiger partial charge in [-0.05, 0) is 36.8 Å². The van der Waals surface area contributed by atoms with Gasteiger partial charge in [0.2, 0.25) is 0 Å².